The SMILES string of the molecule is CNC(Cc1cccc(F)c1Br)c1csnn1. The van der Waals surface area contributed by atoms with Gasteiger partial charge in [0.05, 0.1) is 16.2 Å². The van der Waals surface area contributed by atoms with Crippen molar-refractivity contribution >= 4 is 27.5 Å². The first kappa shape index (κ1) is 12.6. The molecule has 0 saturated heterocycles. The Morgan fingerprint density at radius 2 is 2.35 bits per heavy atom. The summed E-state index contributed by atoms with van der Waals surface area (Å²) >= 11 is 4.58. The lowest BCUT2D eigenvalue weighted by atomic mass is 10.0. The molecule has 0 fully saturated rings. The maximum absolute atomic E-state index is 13.4. The third-order valence-corrected chi connectivity index (χ3v) is 3.95. The third kappa shape index (κ3) is 2.88. The predicted octanol–water partition coefficient (Wildman–Crippen LogP) is 2.94. The quantitative estimate of drug-likeness (QED) is 0.942. The van der Waals surface area contributed by atoms with E-state index < -0.39 is 0 Å². The van der Waals surface area contributed by atoms with Crippen LogP contribution in [0.15, 0.2) is 28.1 Å². The summed E-state index contributed by atoms with van der Waals surface area (Å²) in [7, 11) is 1.86. The van der Waals surface area contributed by atoms with E-state index in [1.54, 1.807) is 6.07 Å². The molecule has 1 unspecified atom stereocenters. The van der Waals surface area contributed by atoms with Gasteiger partial charge in [-0.1, -0.05) is 16.6 Å². The number of rotatable bonds is 4. The number of likely N-dealkylation sites (N-methyl/N-ethyl adjacent to an activating group) is 1. The van der Waals surface area contributed by atoms with E-state index in [0.717, 1.165) is 11.3 Å². The van der Waals surface area contributed by atoms with Crippen molar-refractivity contribution in [1.29, 1.82) is 0 Å². The van der Waals surface area contributed by atoms with Crippen LogP contribution in [0, 0.1) is 5.82 Å². The summed E-state index contributed by atoms with van der Waals surface area (Å²) in [5, 5.41) is 9.09. The second-order valence-electron chi connectivity index (χ2n) is 3.59. The second-order valence-corrected chi connectivity index (χ2v) is 4.99. The Balaban J connectivity index is 2.22. The van der Waals surface area contributed by atoms with Gasteiger partial charge in [0.2, 0.25) is 0 Å². The molecule has 6 heteroatoms. The zero-order chi connectivity index (χ0) is 12.3. The molecule has 1 aromatic carbocycles. The highest BCUT2D eigenvalue weighted by Crippen LogP contribution is 2.25. The monoisotopic (exact) mass is 315 g/mol. The highest BCUT2D eigenvalue weighted by Gasteiger charge is 2.15. The molecule has 17 heavy (non-hydrogen) atoms. The van der Waals surface area contributed by atoms with E-state index in [0.29, 0.717) is 10.9 Å². The standard InChI is InChI=1S/C11H11BrFN3S/c1-14-9(10-6-17-16-15-10)5-7-3-2-4-8(13)11(7)12/h2-4,6,9,14H,5H2,1H3. The minimum absolute atomic E-state index is 0.0480. The van der Waals surface area contributed by atoms with Crippen molar-refractivity contribution < 1.29 is 4.39 Å². The van der Waals surface area contributed by atoms with Gasteiger partial charge in [0.15, 0.2) is 0 Å². The lowest BCUT2D eigenvalue weighted by Gasteiger charge is -2.14. The zero-order valence-electron chi connectivity index (χ0n) is 9.15. The van der Waals surface area contributed by atoms with Crippen molar-refractivity contribution in [3.8, 4) is 0 Å². The van der Waals surface area contributed by atoms with Gasteiger partial charge >= 0.3 is 0 Å². The Bertz CT molecular complexity index is 489. The molecule has 90 valence electrons. The number of hydrogen-bond donors (Lipinski definition) is 1. The predicted molar refractivity (Wildman–Crippen MR) is 69.5 cm³/mol. The average molecular weight is 316 g/mol. The first-order valence-electron chi connectivity index (χ1n) is 5.09. The second kappa shape index (κ2) is 5.66. The van der Waals surface area contributed by atoms with E-state index in [2.05, 4.69) is 30.8 Å². The van der Waals surface area contributed by atoms with Gasteiger partial charge < -0.3 is 5.32 Å². The number of nitrogens with zero attached hydrogens (tertiary/aromatic N) is 2. The fourth-order valence-corrected chi connectivity index (χ4v) is 2.54. The zero-order valence-corrected chi connectivity index (χ0v) is 11.6. The molecule has 0 bridgehead atoms. The van der Waals surface area contributed by atoms with Crippen molar-refractivity contribution in [1.82, 2.24) is 14.9 Å². The Labute approximate surface area is 111 Å². The van der Waals surface area contributed by atoms with Crippen molar-refractivity contribution in [2.24, 2.45) is 0 Å². The molecule has 0 spiro atoms. The molecule has 1 N–H and O–H groups in total. The molecular formula is C11H11BrFN3S. The lowest BCUT2D eigenvalue weighted by Crippen LogP contribution is -2.19. The van der Waals surface area contributed by atoms with Gasteiger partial charge in [-0.3, -0.25) is 0 Å². The van der Waals surface area contributed by atoms with Crippen molar-refractivity contribution in [3.05, 3.63) is 45.1 Å². The number of hydrogen-bond acceptors (Lipinski definition) is 4. The first-order valence-corrected chi connectivity index (χ1v) is 6.72. The molecule has 1 atom stereocenters. The minimum atomic E-state index is -0.242. The minimum Gasteiger partial charge on any atom is -0.311 e. The lowest BCUT2D eigenvalue weighted by molar-refractivity contribution is 0.566. The molecule has 2 rings (SSSR count). The molecule has 0 aliphatic heterocycles. The smallest absolute Gasteiger partial charge is 0.137 e. The van der Waals surface area contributed by atoms with Crippen LogP contribution in [-0.4, -0.2) is 16.6 Å². The van der Waals surface area contributed by atoms with Gasteiger partial charge in [-0.15, -0.1) is 5.10 Å². The summed E-state index contributed by atoms with van der Waals surface area (Å²) in [4.78, 5) is 0. The molecule has 0 amide bonds. The van der Waals surface area contributed by atoms with Crippen LogP contribution in [0.5, 0.6) is 0 Å². The molecule has 1 heterocycles. The van der Waals surface area contributed by atoms with Crippen molar-refractivity contribution in [2.45, 2.75) is 12.5 Å². The highest BCUT2D eigenvalue weighted by atomic mass is 79.9. The molecule has 0 radical (unpaired) electrons. The van der Waals surface area contributed by atoms with Crippen molar-refractivity contribution in [3.63, 3.8) is 0 Å². The molecule has 2 aromatic rings. The fraction of sp³-hybridized carbons (Fsp3) is 0.273. The number of nitrogens with one attached hydrogen (secondary N) is 1. The fourth-order valence-electron chi connectivity index (χ4n) is 1.60. The van der Waals surface area contributed by atoms with Crippen LogP contribution in [0.2, 0.25) is 0 Å². The van der Waals surface area contributed by atoms with Gasteiger partial charge in [-0.2, -0.15) is 0 Å². The Kier molecular flexibility index (Phi) is 4.20. The van der Waals surface area contributed by atoms with Crippen molar-refractivity contribution in [2.75, 3.05) is 7.05 Å². The molecule has 0 aliphatic carbocycles. The Hall–Kier alpha value is -0.850. The maximum Gasteiger partial charge on any atom is 0.137 e. The summed E-state index contributed by atoms with van der Waals surface area (Å²) in [5.74, 6) is -0.242. The van der Waals surface area contributed by atoms with Gasteiger partial charge in [0.1, 0.15) is 5.82 Å². The van der Waals surface area contributed by atoms with Crippen LogP contribution < -0.4 is 5.32 Å². The third-order valence-electron chi connectivity index (χ3n) is 2.54. The largest absolute Gasteiger partial charge is 0.311 e. The molecule has 0 saturated carbocycles. The molecular weight excluding hydrogens is 305 g/mol. The van der Waals surface area contributed by atoms with Crippen LogP contribution in [0.4, 0.5) is 4.39 Å². The summed E-state index contributed by atoms with van der Waals surface area (Å²) in [6, 6.07) is 5.09. The summed E-state index contributed by atoms with van der Waals surface area (Å²) in [6.07, 6.45) is 0.667. The van der Waals surface area contributed by atoms with E-state index in [1.165, 1.54) is 17.6 Å². The molecule has 3 nitrogen and oxygen atoms in total. The summed E-state index contributed by atoms with van der Waals surface area (Å²) in [6.45, 7) is 0. The van der Waals surface area contributed by atoms with Crippen LogP contribution >= 0.6 is 27.5 Å². The normalized spacial score (nSPS) is 12.6. The number of halogens is 2. The summed E-state index contributed by atoms with van der Waals surface area (Å²) < 4.78 is 17.7. The van der Waals surface area contributed by atoms with Crippen LogP contribution in [0.25, 0.3) is 0 Å². The van der Waals surface area contributed by atoms with E-state index in [1.807, 2.05) is 18.5 Å². The van der Waals surface area contributed by atoms with E-state index in [-0.39, 0.29) is 11.9 Å². The van der Waals surface area contributed by atoms with Gasteiger partial charge in [0.25, 0.3) is 0 Å². The van der Waals surface area contributed by atoms with Crippen LogP contribution in [0.1, 0.15) is 17.3 Å². The Morgan fingerprint density at radius 1 is 1.53 bits per heavy atom. The molecule has 1 aromatic heterocycles. The van der Waals surface area contributed by atoms with E-state index in [4.69, 9.17) is 0 Å². The van der Waals surface area contributed by atoms with Gasteiger partial charge in [0, 0.05) is 5.38 Å². The molecule has 0 aliphatic rings. The van der Waals surface area contributed by atoms with Crippen LogP contribution in [0.3, 0.4) is 0 Å². The highest BCUT2D eigenvalue weighted by molar-refractivity contribution is 9.10. The first-order chi connectivity index (χ1) is 8.22. The number of benzene rings is 1. The topological polar surface area (TPSA) is 37.8 Å². The van der Waals surface area contributed by atoms with Gasteiger partial charge in [-0.05, 0) is 52.6 Å². The number of aromatic nitrogens is 2. The maximum atomic E-state index is 13.4. The van der Waals surface area contributed by atoms with E-state index in [9.17, 15) is 4.39 Å². The van der Waals surface area contributed by atoms with E-state index >= 15 is 0 Å². The average Bonchev–Trinajstić information content (AvgIpc) is 2.85. The van der Waals surface area contributed by atoms with Gasteiger partial charge in [-0.25, -0.2) is 4.39 Å². The Morgan fingerprint density at radius 3 is 3.00 bits per heavy atom. The van der Waals surface area contributed by atoms with Crippen LogP contribution in [-0.2, 0) is 6.42 Å². The summed E-state index contributed by atoms with van der Waals surface area (Å²) in [5.41, 5.74) is 1.80.